The van der Waals surface area contributed by atoms with Gasteiger partial charge in [-0.05, 0) is 56.2 Å². The quantitative estimate of drug-likeness (QED) is 0.647. The van der Waals surface area contributed by atoms with E-state index in [4.69, 9.17) is 14.6 Å². The number of benzene rings is 2. The van der Waals surface area contributed by atoms with E-state index in [0.717, 1.165) is 23.5 Å². The predicted octanol–water partition coefficient (Wildman–Crippen LogP) is 4.81. The lowest BCUT2D eigenvalue weighted by Crippen LogP contribution is -2.15. The highest BCUT2D eigenvalue weighted by molar-refractivity contribution is 5.69. The molecule has 0 saturated carbocycles. The average Bonchev–Trinajstić information content (AvgIpc) is 2.61. The largest absolute Gasteiger partial charge is 0.493 e. The summed E-state index contributed by atoms with van der Waals surface area (Å²) in [7, 11) is 0. The third-order valence-corrected chi connectivity index (χ3v) is 4.10. The van der Waals surface area contributed by atoms with E-state index in [9.17, 15) is 4.79 Å². The van der Waals surface area contributed by atoms with Crippen LogP contribution < -0.4 is 9.47 Å². The SMILES string of the molecule is CC#CC(CC(=O)O)c1ccc(OCC[C@H](C)Oc2cccc(C)c2)cc1. The van der Waals surface area contributed by atoms with E-state index in [1.165, 1.54) is 5.56 Å². The summed E-state index contributed by atoms with van der Waals surface area (Å²) in [6.45, 7) is 6.32. The van der Waals surface area contributed by atoms with Crippen molar-refractivity contribution in [3.05, 3.63) is 59.7 Å². The number of aliphatic carboxylic acids is 1. The summed E-state index contributed by atoms with van der Waals surface area (Å²) in [5, 5.41) is 9.01. The first kappa shape index (κ1) is 20.4. The van der Waals surface area contributed by atoms with Crippen molar-refractivity contribution in [1.82, 2.24) is 0 Å². The number of carboxylic acids is 1. The Kier molecular flexibility index (Phi) is 7.76. The maximum Gasteiger partial charge on any atom is 0.304 e. The van der Waals surface area contributed by atoms with Gasteiger partial charge in [0.15, 0.2) is 0 Å². The smallest absolute Gasteiger partial charge is 0.304 e. The van der Waals surface area contributed by atoms with Gasteiger partial charge in [0, 0.05) is 6.42 Å². The van der Waals surface area contributed by atoms with E-state index >= 15 is 0 Å². The van der Waals surface area contributed by atoms with Crippen molar-refractivity contribution in [3.8, 4) is 23.3 Å². The molecule has 0 aliphatic carbocycles. The molecule has 2 aromatic carbocycles. The van der Waals surface area contributed by atoms with E-state index in [1.54, 1.807) is 6.92 Å². The molecule has 142 valence electrons. The molecule has 1 unspecified atom stereocenters. The number of hydrogen-bond donors (Lipinski definition) is 1. The summed E-state index contributed by atoms with van der Waals surface area (Å²) in [6.07, 6.45) is 0.805. The van der Waals surface area contributed by atoms with Gasteiger partial charge in [-0.25, -0.2) is 0 Å². The minimum atomic E-state index is -0.856. The lowest BCUT2D eigenvalue weighted by molar-refractivity contribution is -0.137. The van der Waals surface area contributed by atoms with Gasteiger partial charge >= 0.3 is 5.97 Å². The maximum absolute atomic E-state index is 11.0. The van der Waals surface area contributed by atoms with Gasteiger partial charge in [0.25, 0.3) is 0 Å². The molecule has 0 spiro atoms. The van der Waals surface area contributed by atoms with Crippen LogP contribution in [0, 0.1) is 18.8 Å². The fourth-order valence-electron chi connectivity index (χ4n) is 2.72. The van der Waals surface area contributed by atoms with E-state index < -0.39 is 5.97 Å². The Morgan fingerprint density at radius 3 is 2.52 bits per heavy atom. The highest BCUT2D eigenvalue weighted by atomic mass is 16.5. The first-order valence-electron chi connectivity index (χ1n) is 9.08. The Bertz CT molecular complexity index is 799. The summed E-state index contributed by atoms with van der Waals surface area (Å²) in [5.41, 5.74) is 2.06. The fraction of sp³-hybridized carbons (Fsp3) is 0.348. The summed E-state index contributed by atoms with van der Waals surface area (Å²) >= 11 is 0. The van der Waals surface area contributed by atoms with Crippen molar-refractivity contribution in [2.24, 2.45) is 0 Å². The molecule has 0 heterocycles. The summed E-state index contributed by atoms with van der Waals surface area (Å²) in [5.74, 6) is 6.21. The van der Waals surface area contributed by atoms with E-state index in [-0.39, 0.29) is 18.4 Å². The van der Waals surface area contributed by atoms with Gasteiger partial charge in [0.05, 0.1) is 25.0 Å². The number of carboxylic acid groups (broad SMARTS) is 1. The van der Waals surface area contributed by atoms with Crippen LogP contribution in [0.2, 0.25) is 0 Å². The number of carbonyl (C=O) groups is 1. The highest BCUT2D eigenvalue weighted by Gasteiger charge is 2.13. The van der Waals surface area contributed by atoms with Crippen LogP contribution >= 0.6 is 0 Å². The van der Waals surface area contributed by atoms with Crippen molar-refractivity contribution < 1.29 is 19.4 Å². The molecule has 27 heavy (non-hydrogen) atoms. The van der Waals surface area contributed by atoms with E-state index in [0.29, 0.717) is 6.61 Å². The second-order valence-electron chi connectivity index (χ2n) is 6.50. The summed E-state index contributed by atoms with van der Waals surface area (Å²) in [4.78, 5) is 11.0. The third kappa shape index (κ3) is 7.07. The standard InChI is InChI=1S/C23H26O4/c1-4-6-20(16-23(24)25)19-9-11-21(12-10-19)26-14-13-18(3)27-22-8-5-7-17(2)15-22/h5,7-12,15,18,20H,13-14,16H2,1-3H3,(H,24,25)/t18-,20?/m0/s1. The van der Waals surface area contributed by atoms with Crippen molar-refractivity contribution in [2.45, 2.75) is 45.6 Å². The van der Waals surface area contributed by atoms with Crippen LogP contribution in [-0.4, -0.2) is 23.8 Å². The number of hydrogen-bond acceptors (Lipinski definition) is 3. The minimum absolute atomic E-state index is 0.00510. The molecule has 1 N–H and O–H groups in total. The topological polar surface area (TPSA) is 55.8 Å². The van der Waals surface area contributed by atoms with Crippen molar-refractivity contribution in [2.75, 3.05) is 6.61 Å². The Morgan fingerprint density at radius 1 is 1.15 bits per heavy atom. The molecule has 0 amide bonds. The lowest BCUT2D eigenvalue weighted by Gasteiger charge is -2.16. The zero-order valence-electron chi connectivity index (χ0n) is 16.1. The van der Waals surface area contributed by atoms with Gasteiger partial charge in [-0.2, -0.15) is 0 Å². The Morgan fingerprint density at radius 2 is 1.89 bits per heavy atom. The molecule has 0 aromatic heterocycles. The van der Waals surface area contributed by atoms with Crippen LogP contribution in [-0.2, 0) is 4.79 Å². The molecule has 0 aliphatic heterocycles. The van der Waals surface area contributed by atoms with Crippen molar-refractivity contribution in [3.63, 3.8) is 0 Å². The summed E-state index contributed by atoms with van der Waals surface area (Å²) in [6, 6.07) is 15.5. The second-order valence-corrected chi connectivity index (χ2v) is 6.50. The van der Waals surface area contributed by atoms with Crippen LogP contribution in [0.1, 0.15) is 43.7 Å². The predicted molar refractivity (Wildman–Crippen MR) is 106 cm³/mol. The number of aryl methyl sites for hydroxylation is 1. The van der Waals surface area contributed by atoms with Crippen LogP contribution in [0.25, 0.3) is 0 Å². The first-order valence-corrected chi connectivity index (χ1v) is 9.08. The average molecular weight is 366 g/mol. The van der Waals surface area contributed by atoms with Crippen LogP contribution in [0.4, 0.5) is 0 Å². The molecule has 2 aromatic rings. The van der Waals surface area contributed by atoms with Crippen LogP contribution in [0.3, 0.4) is 0 Å². The first-order chi connectivity index (χ1) is 13.0. The van der Waals surface area contributed by atoms with Gasteiger partial charge < -0.3 is 14.6 Å². The van der Waals surface area contributed by atoms with E-state index in [1.807, 2.05) is 62.4 Å². The molecule has 4 heteroatoms. The second kappa shape index (κ2) is 10.3. The normalized spacial score (nSPS) is 12.4. The molecular weight excluding hydrogens is 340 g/mol. The molecule has 0 fully saturated rings. The zero-order chi connectivity index (χ0) is 19.6. The van der Waals surface area contributed by atoms with Crippen molar-refractivity contribution >= 4 is 5.97 Å². The molecule has 0 saturated heterocycles. The molecular formula is C23H26O4. The number of rotatable bonds is 9. The Balaban J connectivity index is 1.83. The third-order valence-electron chi connectivity index (χ3n) is 4.10. The zero-order valence-corrected chi connectivity index (χ0v) is 16.1. The van der Waals surface area contributed by atoms with Gasteiger partial charge in [0.1, 0.15) is 11.5 Å². The molecule has 0 bridgehead atoms. The molecule has 2 rings (SSSR count). The molecule has 0 aliphatic rings. The number of ether oxygens (including phenoxy) is 2. The molecule has 0 radical (unpaired) electrons. The minimum Gasteiger partial charge on any atom is -0.493 e. The lowest BCUT2D eigenvalue weighted by atomic mass is 9.96. The molecule has 4 nitrogen and oxygen atoms in total. The monoisotopic (exact) mass is 366 g/mol. The summed E-state index contributed by atoms with van der Waals surface area (Å²) < 4.78 is 11.7. The van der Waals surface area contributed by atoms with Gasteiger partial charge in [-0.15, -0.1) is 5.92 Å². The Labute approximate surface area is 161 Å². The van der Waals surface area contributed by atoms with Crippen LogP contribution in [0.5, 0.6) is 11.5 Å². The molecule has 2 atom stereocenters. The van der Waals surface area contributed by atoms with Gasteiger partial charge in [0.2, 0.25) is 0 Å². The van der Waals surface area contributed by atoms with Gasteiger partial charge in [-0.1, -0.05) is 30.2 Å². The Hall–Kier alpha value is -2.93. The maximum atomic E-state index is 11.0. The van der Waals surface area contributed by atoms with Crippen molar-refractivity contribution in [1.29, 1.82) is 0 Å². The van der Waals surface area contributed by atoms with E-state index in [2.05, 4.69) is 11.8 Å². The highest BCUT2D eigenvalue weighted by Crippen LogP contribution is 2.22. The van der Waals surface area contributed by atoms with Gasteiger partial charge in [-0.3, -0.25) is 4.79 Å². The fourth-order valence-corrected chi connectivity index (χ4v) is 2.72. The van der Waals surface area contributed by atoms with Crippen LogP contribution in [0.15, 0.2) is 48.5 Å².